The van der Waals surface area contributed by atoms with Crippen LogP contribution in [0.25, 0.3) is 10.7 Å². The van der Waals surface area contributed by atoms with Gasteiger partial charge in [0.1, 0.15) is 0 Å². The minimum absolute atomic E-state index is 0.0203. The monoisotopic (exact) mass is 387 g/mol. The number of carbonyl (C=O) groups excluding carboxylic acids is 1. The number of nitrogens with zero attached hydrogens (tertiary/aromatic N) is 4. The number of fused-ring (bicyclic) bond motifs is 1. The lowest BCUT2D eigenvalue weighted by Crippen LogP contribution is -2.18. The van der Waals surface area contributed by atoms with Gasteiger partial charge in [-0.1, -0.05) is 11.2 Å². The number of rotatable bonds is 5. The molecular formula is C15H9N5O6S. The third-order valence-corrected chi connectivity index (χ3v) is 4.32. The van der Waals surface area contributed by atoms with Gasteiger partial charge in [-0.05, 0) is 17.5 Å². The smallest absolute Gasteiger partial charge is 0.329 e. The van der Waals surface area contributed by atoms with E-state index >= 15 is 0 Å². The summed E-state index contributed by atoms with van der Waals surface area (Å²) in [5, 5.41) is 20.4. The molecule has 0 fully saturated rings. The van der Waals surface area contributed by atoms with Crippen LogP contribution < -0.4 is 14.9 Å². The summed E-state index contributed by atoms with van der Waals surface area (Å²) in [4.78, 5) is 27.3. The van der Waals surface area contributed by atoms with Crippen LogP contribution in [-0.4, -0.2) is 34.0 Å². The Labute approximate surface area is 154 Å². The third kappa shape index (κ3) is 3.32. The molecule has 1 N–H and O–H groups in total. The van der Waals surface area contributed by atoms with Gasteiger partial charge in [-0.15, -0.1) is 11.3 Å². The second kappa shape index (κ2) is 6.84. The summed E-state index contributed by atoms with van der Waals surface area (Å²) >= 11 is 1.40. The largest absolute Gasteiger partial charge is 0.454 e. The zero-order chi connectivity index (χ0) is 18.8. The second-order valence-corrected chi connectivity index (χ2v) is 6.07. The molecule has 0 saturated heterocycles. The number of thiophene rings is 1. The number of hydrogen-bond acceptors (Lipinski definition) is 10. The average Bonchev–Trinajstić information content (AvgIpc) is 3.39. The first-order valence-corrected chi connectivity index (χ1v) is 8.29. The lowest BCUT2D eigenvalue weighted by molar-refractivity contribution is -0.385. The molecular weight excluding hydrogens is 378 g/mol. The maximum atomic E-state index is 12.0. The van der Waals surface area contributed by atoms with Crippen molar-refractivity contribution in [3.8, 4) is 22.2 Å². The highest BCUT2D eigenvalue weighted by Crippen LogP contribution is 2.37. The number of carbonyl (C=O) groups is 1. The molecule has 1 aliphatic heterocycles. The molecule has 1 aliphatic rings. The summed E-state index contributed by atoms with van der Waals surface area (Å²) in [7, 11) is 0. The molecule has 1 amide bonds. The van der Waals surface area contributed by atoms with Crippen molar-refractivity contribution in [2.75, 3.05) is 6.79 Å². The van der Waals surface area contributed by atoms with Crippen molar-refractivity contribution in [1.82, 2.24) is 15.6 Å². The van der Waals surface area contributed by atoms with Gasteiger partial charge >= 0.3 is 11.8 Å². The van der Waals surface area contributed by atoms with Gasteiger partial charge in [0.05, 0.1) is 27.6 Å². The highest BCUT2D eigenvalue weighted by molar-refractivity contribution is 7.13. The summed E-state index contributed by atoms with van der Waals surface area (Å²) in [6.07, 6.45) is 1.12. The fourth-order valence-corrected chi connectivity index (χ4v) is 2.89. The number of amides is 1. The summed E-state index contributed by atoms with van der Waals surface area (Å²) in [5.41, 5.74) is 2.08. The Morgan fingerprint density at radius 1 is 1.37 bits per heavy atom. The number of aromatic nitrogens is 2. The van der Waals surface area contributed by atoms with E-state index in [0.29, 0.717) is 5.75 Å². The molecule has 12 heteroatoms. The second-order valence-electron chi connectivity index (χ2n) is 5.12. The van der Waals surface area contributed by atoms with Crippen molar-refractivity contribution in [1.29, 1.82) is 0 Å². The van der Waals surface area contributed by atoms with E-state index < -0.39 is 10.8 Å². The summed E-state index contributed by atoms with van der Waals surface area (Å²) in [5.74, 6) is -0.119. The van der Waals surface area contributed by atoms with E-state index in [1.54, 1.807) is 6.07 Å². The quantitative estimate of drug-likeness (QED) is 0.399. The summed E-state index contributed by atoms with van der Waals surface area (Å²) < 4.78 is 15.2. The van der Waals surface area contributed by atoms with Gasteiger partial charge in [0.25, 0.3) is 5.69 Å². The normalized spacial score (nSPS) is 12.4. The Morgan fingerprint density at radius 2 is 2.19 bits per heavy atom. The lowest BCUT2D eigenvalue weighted by atomic mass is 10.1. The van der Waals surface area contributed by atoms with E-state index in [9.17, 15) is 14.9 Å². The summed E-state index contributed by atoms with van der Waals surface area (Å²) in [6, 6.07) is 6.24. The van der Waals surface area contributed by atoms with E-state index in [4.69, 9.17) is 14.0 Å². The van der Waals surface area contributed by atoms with Crippen LogP contribution in [-0.2, 0) is 0 Å². The number of hydrazone groups is 1. The van der Waals surface area contributed by atoms with Crippen LogP contribution in [0.3, 0.4) is 0 Å². The number of ether oxygens (including phenoxy) is 2. The molecule has 0 atom stereocenters. The summed E-state index contributed by atoms with van der Waals surface area (Å²) in [6.45, 7) is -0.0203. The lowest BCUT2D eigenvalue weighted by Gasteiger charge is -2.00. The van der Waals surface area contributed by atoms with Crippen LogP contribution in [0.2, 0.25) is 0 Å². The molecule has 0 radical (unpaired) electrons. The molecule has 3 aromatic rings. The molecule has 136 valence electrons. The van der Waals surface area contributed by atoms with Gasteiger partial charge in [-0.2, -0.15) is 10.1 Å². The Kier molecular flexibility index (Phi) is 4.22. The first kappa shape index (κ1) is 16.7. The fourth-order valence-electron chi connectivity index (χ4n) is 2.24. The van der Waals surface area contributed by atoms with E-state index in [1.807, 2.05) is 11.4 Å². The highest BCUT2D eigenvalue weighted by Gasteiger charge is 2.22. The molecule has 3 heterocycles. The Morgan fingerprint density at radius 3 is 2.93 bits per heavy atom. The standard InChI is InChI=1S/C15H9N5O6S/c21-14(15-17-13(19-26-15)12-2-1-3-27-12)18-16-6-8-4-10-11(25-7-24-10)5-9(8)20(22)23/h1-6H,7H2,(H,18,21)/b16-6+. The van der Waals surface area contributed by atoms with Crippen LogP contribution in [0.15, 0.2) is 39.3 Å². The maximum absolute atomic E-state index is 12.0. The third-order valence-electron chi connectivity index (χ3n) is 3.45. The molecule has 4 rings (SSSR count). The Bertz CT molecular complexity index is 1050. The van der Waals surface area contributed by atoms with Crippen molar-refractivity contribution in [2.45, 2.75) is 0 Å². The van der Waals surface area contributed by atoms with Crippen LogP contribution in [0.4, 0.5) is 5.69 Å². The minimum atomic E-state index is -0.745. The van der Waals surface area contributed by atoms with Gasteiger partial charge in [0.15, 0.2) is 11.5 Å². The van der Waals surface area contributed by atoms with Crippen molar-refractivity contribution >= 4 is 29.1 Å². The van der Waals surface area contributed by atoms with Gasteiger partial charge in [0.2, 0.25) is 12.6 Å². The maximum Gasteiger partial charge on any atom is 0.329 e. The van der Waals surface area contributed by atoms with Gasteiger partial charge in [0, 0.05) is 0 Å². The van der Waals surface area contributed by atoms with Crippen LogP contribution in [0.1, 0.15) is 16.2 Å². The van der Waals surface area contributed by atoms with E-state index in [0.717, 1.165) is 11.1 Å². The zero-order valence-electron chi connectivity index (χ0n) is 13.3. The van der Waals surface area contributed by atoms with Gasteiger partial charge in [-0.25, -0.2) is 5.43 Å². The predicted molar refractivity (Wildman–Crippen MR) is 91.9 cm³/mol. The fraction of sp³-hybridized carbons (Fsp3) is 0.0667. The van der Waals surface area contributed by atoms with Crippen molar-refractivity contribution in [3.63, 3.8) is 0 Å². The number of hydrogen-bond donors (Lipinski definition) is 1. The highest BCUT2D eigenvalue weighted by atomic mass is 32.1. The predicted octanol–water partition coefficient (Wildman–Crippen LogP) is 2.20. The van der Waals surface area contributed by atoms with Gasteiger partial charge in [-0.3, -0.25) is 14.9 Å². The van der Waals surface area contributed by atoms with E-state index in [-0.39, 0.29) is 35.5 Å². The van der Waals surface area contributed by atoms with Crippen LogP contribution in [0.5, 0.6) is 11.5 Å². The zero-order valence-corrected chi connectivity index (χ0v) is 14.1. The van der Waals surface area contributed by atoms with Crippen molar-refractivity contribution < 1.29 is 23.7 Å². The minimum Gasteiger partial charge on any atom is -0.454 e. The van der Waals surface area contributed by atoms with Crippen LogP contribution >= 0.6 is 11.3 Å². The molecule has 0 unspecified atom stereocenters. The first-order valence-electron chi connectivity index (χ1n) is 7.41. The van der Waals surface area contributed by atoms with Crippen LogP contribution in [0, 0.1) is 10.1 Å². The number of nitrogens with one attached hydrogen (secondary N) is 1. The Balaban J connectivity index is 1.49. The number of nitro groups is 1. The molecule has 2 aromatic heterocycles. The average molecular weight is 387 g/mol. The molecule has 0 aliphatic carbocycles. The molecule has 0 saturated carbocycles. The SMILES string of the molecule is O=C(N/N=C/c1cc2c(cc1[N+](=O)[O-])OCO2)c1nc(-c2cccs2)no1. The van der Waals surface area contributed by atoms with E-state index in [2.05, 4.69) is 20.7 Å². The Hall–Kier alpha value is -3.80. The molecule has 0 spiro atoms. The molecule has 11 nitrogen and oxygen atoms in total. The number of benzene rings is 1. The van der Waals surface area contributed by atoms with Gasteiger partial charge < -0.3 is 14.0 Å². The molecule has 1 aromatic carbocycles. The van der Waals surface area contributed by atoms with E-state index in [1.165, 1.54) is 23.5 Å². The topological polar surface area (TPSA) is 142 Å². The van der Waals surface area contributed by atoms with Crippen molar-refractivity contribution in [2.24, 2.45) is 5.10 Å². The number of nitro benzene ring substituents is 1. The molecule has 0 bridgehead atoms. The first-order chi connectivity index (χ1) is 13.1. The van der Waals surface area contributed by atoms with Crippen molar-refractivity contribution in [3.05, 3.63) is 51.2 Å². The molecule has 27 heavy (non-hydrogen) atoms.